The van der Waals surface area contributed by atoms with Crippen molar-refractivity contribution >= 4 is 15.9 Å². The average molecular weight is 300 g/mol. The van der Waals surface area contributed by atoms with Crippen LogP contribution in [0.2, 0.25) is 0 Å². The molecule has 112 valence electrons. The minimum Gasteiger partial charge on any atom is -0.389 e. The average Bonchev–Trinajstić information content (AvgIpc) is 2.35. The van der Waals surface area contributed by atoms with Crippen LogP contribution in [-0.4, -0.2) is 50.1 Å². The summed E-state index contributed by atoms with van der Waals surface area (Å²) in [5.74, 6) is -0.411. The van der Waals surface area contributed by atoms with Gasteiger partial charge in [0.2, 0.25) is 15.9 Å². The van der Waals surface area contributed by atoms with E-state index in [2.05, 4.69) is 4.72 Å². The topological polar surface area (TPSA) is 86.7 Å². The normalized spacial score (nSPS) is 12.2. The first-order valence-corrected chi connectivity index (χ1v) is 7.61. The summed E-state index contributed by atoms with van der Waals surface area (Å²) in [6.07, 6.45) is 0. The Balaban J connectivity index is 2.61. The molecule has 1 aromatic rings. The van der Waals surface area contributed by atoms with Crippen LogP contribution < -0.4 is 4.72 Å². The van der Waals surface area contributed by atoms with E-state index in [9.17, 15) is 18.3 Å². The molecule has 0 saturated heterocycles. The summed E-state index contributed by atoms with van der Waals surface area (Å²) in [5.41, 5.74) is -1.03. The van der Waals surface area contributed by atoms with Gasteiger partial charge in [-0.25, -0.2) is 13.1 Å². The van der Waals surface area contributed by atoms with Crippen molar-refractivity contribution in [1.29, 1.82) is 0 Å². The highest BCUT2D eigenvalue weighted by atomic mass is 32.2. The van der Waals surface area contributed by atoms with E-state index in [1.165, 1.54) is 24.1 Å². The van der Waals surface area contributed by atoms with Crippen molar-refractivity contribution in [3.8, 4) is 0 Å². The maximum absolute atomic E-state index is 11.9. The zero-order valence-electron chi connectivity index (χ0n) is 11.8. The first-order valence-electron chi connectivity index (χ1n) is 6.13. The molecule has 0 spiro atoms. The fourth-order valence-electron chi connectivity index (χ4n) is 1.64. The fourth-order valence-corrected chi connectivity index (χ4v) is 2.64. The Morgan fingerprint density at radius 3 is 2.35 bits per heavy atom. The van der Waals surface area contributed by atoms with Crippen LogP contribution >= 0.6 is 0 Å². The van der Waals surface area contributed by atoms with Crippen molar-refractivity contribution in [2.75, 3.05) is 20.1 Å². The standard InChI is InChI=1S/C13H20N2O4S/c1-13(2,17)10-15(3)12(16)9-14-20(18,19)11-7-5-4-6-8-11/h4-8,14,17H,9-10H2,1-3H3. The van der Waals surface area contributed by atoms with Gasteiger partial charge in [0.05, 0.1) is 17.0 Å². The molecule has 0 aliphatic heterocycles. The van der Waals surface area contributed by atoms with Crippen LogP contribution in [0.15, 0.2) is 35.2 Å². The van der Waals surface area contributed by atoms with Gasteiger partial charge in [-0.05, 0) is 26.0 Å². The molecule has 2 N–H and O–H groups in total. The van der Waals surface area contributed by atoms with Gasteiger partial charge >= 0.3 is 0 Å². The third-order valence-electron chi connectivity index (χ3n) is 2.52. The number of likely N-dealkylation sites (N-methyl/N-ethyl adjacent to an activating group) is 1. The molecule has 0 bridgehead atoms. The Kier molecular flexibility index (Phi) is 5.27. The van der Waals surface area contributed by atoms with Gasteiger partial charge in [-0.1, -0.05) is 18.2 Å². The molecule has 0 aliphatic rings. The maximum Gasteiger partial charge on any atom is 0.241 e. The first kappa shape index (κ1) is 16.6. The van der Waals surface area contributed by atoms with Gasteiger partial charge in [0, 0.05) is 13.6 Å². The van der Waals surface area contributed by atoms with Gasteiger partial charge in [-0.2, -0.15) is 0 Å². The molecule has 20 heavy (non-hydrogen) atoms. The van der Waals surface area contributed by atoms with Gasteiger partial charge in [0.25, 0.3) is 0 Å². The summed E-state index contributed by atoms with van der Waals surface area (Å²) in [6, 6.07) is 7.83. The summed E-state index contributed by atoms with van der Waals surface area (Å²) < 4.78 is 26.1. The van der Waals surface area contributed by atoms with Crippen LogP contribution in [0.4, 0.5) is 0 Å². The number of hydrogen-bond donors (Lipinski definition) is 2. The molecule has 1 amide bonds. The molecule has 1 rings (SSSR count). The maximum atomic E-state index is 11.9. The Hall–Kier alpha value is -1.44. The largest absolute Gasteiger partial charge is 0.389 e. The first-order chi connectivity index (χ1) is 9.12. The number of carbonyl (C=O) groups is 1. The zero-order valence-corrected chi connectivity index (χ0v) is 12.6. The second kappa shape index (κ2) is 6.34. The number of nitrogens with one attached hydrogen (secondary N) is 1. The number of hydrogen-bond acceptors (Lipinski definition) is 4. The Morgan fingerprint density at radius 1 is 1.30 bits per heavy atom. The lowest BCUT2D eigenvalue weighted by Gasteiger charge is -2.25. The van der Waals surface area contributed by atoms with E-state index in [1.807, 2.05) is 0 Å². The summed E-state index contributed by atoms with van der Waals surface area (Å²) in [7, 11) is -2.18. The van der Waals surface area contributed by atoms with Gasteiger partial charge in [-0.15, -0.1) is 0 Å². The minimum absolute atomic E-state index is 0.109. The second-order valence-electron chi connectivity index (χ2n) is 5.20. The molecule has 1 aromatic carbocycles. The molecule has 0 unspecified atom stereocenters. The van der Waals surface area contributed by atoms with Crippen LogP contribution in [0.5, 0.6) is 0 Å². The molecule has 0 atom stereocenters. The zero-order chi connectivity index (χ0) is 15.4. The van der Waals surface area contributed by atoms with Crippen molar-refractivity contribution in [2.45, 2.75) is 24.3 Å². The monoisotopic (exact) mass is 300 g/mol. The van der Waals surface area contributed by atoms with Crippen molar-refractivity contribution in [3.63, 3.8) is 0 Å². The highest BCUT2D eigenvalue weighted by Gasteiger charge is 2.21. The second-order valence-corrected chi connectivity index (χ2v) is 6.97. The van der Waals surface area contributed by atoms with Gasteiger partial charge < -0.3 is 10.0 Å². The van der Waals surface area contributed by atoms with Crippen LogP contribution in [-0.2, 0) is 14.8 Å². The summed E-state index contributed by atoms with van der Waals surface area (Å²) in [6.45, 7) is 2.93. The molecule has 0 aliphatic carbocycles. The van der Waals surface area contributed by atoms with E-state index in [0.717, 1.165) is 0 Å². The van der Waals surface area contributed by atoms with Crippen LogP contribution in [0.1, 0.15) is 13.8 Å². The number of benzene rings is 1. The van der Waals surface area contributed by atoms with Crippen LogP contribution in [0.25, 0.3) is 0 Å². The lowest BCUT2D eigenvalue weighted by Crippen LogP contribution is -2.44. The number of rotatable bonds is 6. The predicted molar refractivity (Wildman–Crippen MR) is 75.6 cm³/mol. The molecule has 6 nitrogen and oxygen atoms in total. The summed E-state index contributed by atoms with van der Waals surface area (Å²) in [4.78, 5) is 13.2. The van der Waals surface area contributed by atoms with E-state index < -0.39 is 21.5 Å². The minimum atomic E-state index is -3.69. The fraction of sp³-hybridized carbons (Fsp3) is 0.462. The number of amides is 1. The van der Waals surface area contributed by atoms with E-state index in [0.29, 0.717) is 0 Å². The Bertz CT molecular complexity index is 549. The third-order valence-corrected chi connectivity index (χ3v) is 3.93. The lowest BCUT2D eigenvalue weighted by atomic mass is 10.1. The molecular formula is C13H20N2O4S. The Morgan fingerprint density at radius 2 is 1.85 bits per heavy atom. The summed E-state index contributed by atoms with van der Waals surface area (Å²) >= 11 is 0. The van der Waals surface area contributed by atoms with Crippen molar-refractivity contribution in [3.05, 3.63) is 30.3 Å². The van der Waals surface area contributed by atoms with Crippen LogP contribution in [0, 0.1) is 0 Å². The smallest absolute Gasteiger partial charge is 0.241 e. The van der Waals surface area contributed by atoms with Crippen molar-refractivity contribution in [1.82, 2.24) is 9.62 Å². The lowest BCUT2D eigenvalue weighted by molar-refractivity contribution is -0.131. The van der Waals surface area contributed by atoms with Gasteiger partial charge in [0.15, 0.2) is 0 Å². The van der Waals surface area contributed by atoms with Crippen molar-refractivity contribution in [2.24, 2.45) is 0 Å². The number of sulfonamides is 1. The van der Waals surface area contributed by atoms with Crippen molar-refractivity contribution < 1.29 is 18.3 Å². The molecule has 0 radical (unpaired) electrons. The molecule has 0 heterocycles. The van der Waals surface area contributed by atoms with E-state index >= 15 is 0 Å². The highest BCUT2D eigenvalue weighted by Crippen LogP contribution is 2.07. The predicted octanol–water partition coefficient (Wildman–Crippen LogP) is 0.194. The third kappa shape index (κ3) is 5.28. The Labute approximate surface area is 119 Å². The molecule has 0 fully saturated rings. The van der Waals surface area contributed by atoms with E-state index in [4.69, 9.17) is 0 Å². The number of carbonyl (C=O) groups excluding carboxylic acids is 1. The number of aliphatic hydroxyl groups is 1. The SMILES string of the molecule is CN(CC(C)(C)O)C(=O)CNS(=O)(=O)c1ccccc1. The van der Waals surface area contributed by atoms with Crippen LogP contribution in [0.3, 0.4) is 0 Å². The summed E-state index contributed by atoms with van der Waals surface area (Å²) in [5, 5.41) is 9.61. The quantitative estimate of drug-likeness (QED) is 0.785. The van der Waals surface area contributed by atoms with Gasteiger partial charge in [-0.3, -0.25) is 4.79 Å². The van der Waals surface area contributed by atoms with E-state index in [1.54, 1.807) is 32.0 Å². The highest BCUT2D eigenvalue weighted by molar-refractivity contribution is 7.89. The number of nitrogens with zero attached hydrogens (tertiary/aromatic N) is 1. The molecule has 0 saturated carbocycles. The molecule has 0 aromatic heterocycles. The van der Waals surface area contributed by atoms with Gasteiger partial charge in [0.1, 0.15) is 0 Å². The van der Waals surface area contributed by atoms with E-state index in [-0.39, 0.29) is 18.0 Å². The molecular weight excluding hydrogens is 280 g/mol. The molecule has 7 heteroatoms.